The summed E-state index contributed by atoms with van der Waals surface area (Å²) in [7, 11) is 1.81. The van der Waals surface area contributed by atoms with Crippen molar-refractivity contribution in [2.45, 2.75) is 12.7 Å². The highest BCUT2D eigenvalue weighted by Gasteiger charge is 1.99. The molecule has 13 heavy (non-hydrogen) atoms. The number of benzene rings is 1. The number of anilines is 1. The number of aryl methyl sites for hydroxylation is 1. The molecule has 0 heterocycles. The summed E-state index contributed by atoms with van der Waals surface area (Å²) in [5.41, 5.74) is 2.79. The maximum Gasteiger partial charge on any atom is 0.0356 e. The van der Waals surface area contributed by atoms with E-state index in [4.69, 9.17) is 0 Å². The van der Waals surface area contributed by atoms with E-state index in [0.29, 0.717) is 0 Å². The summed E-state index contributed by atoms with van der Waals surface area (Å²) in [4.78, 5) is 0. The van der Waals surface area contributed by atoms with Crippen LogP contribution in [-0.2, 0) is 16.8 Å². The highest BCUT2D eigenvalue weighted by molar-refractivity contribution is 7.78. The van der Waals surface area contributed by atoms with Crippen LogP contribution in [0.2, 0.25) is 0 Å². The van der Waals surface area contributed by atoms with Crippen LogP contribution in [0.1, 0.15) is 11.1 Å². The Bertz CT molecular complexity index is 325. The van der Waals surface area contributed by atoms with Gasteiger partial charge in [-0.2, -0.15) is 0 Å². The fraction of sp³-hybridized carbons (Fsp3) is 0.333. The van der Waals surface area contributed by atoms with Gasteiger partial charge in [0.15, 0.2) is 0 Å². The molecule has 1 rings (SSSR count). The van der Waals surface area contributed by atoms with Gasteiger partial charge in [-0.05, 0) is 30.2 Å². The minimum absolute atomic E-state index is 0.0847. The van der Waals surface area contributed by atoms with E-state index in [9.17, 15) is 8.76 Å². The molecule has 0 saturated heterocycles. The third kappa shape index (κ3) is 2.82. The molecule has 0 amide bonds. The van der Waals surface area contributed by atoms with E-state index in [1.165, 1.54) is 0 Å². The molecule has 0 aliphatic rings. The zero-order valence-corrected chi connectivity index (χ0v) is 8.48. The first-order valence-electron chi connectivity index (χ1n) is 3.96. The zero-order valence-electron chi connectivity index (χ0n) is 7.66. The Kier molecular flexibility index (Phi) is 3.45. The lowest BCUT2D eigenvalue weighted by Gasteiger charge is -2.10. The second kappa shape index (κ2) is 4.39. The lowest BCUT2D eigenvalue weighted by Crippen LogP contribution is -1.98. The maximum absolute atomic E-state index is 10.5. The fourth-order valence-corrected chi connectivity index (χ4v) is 1.67. The zero-order chi connectivity index (χ0) is 9.84. The second-order valence-electron chi connectivity index (χ2n) is 2.84. The Labute approximate surface area is 80.5 Å². The third-order valence-corrected chi connectivity index (χ3v) is 2.46. The Morgan fingerprint density at radius 1 is 1.54 bits per heavy atom. The summed E-state index contributed by atoms with van der Waals surface area (Å²) >= 11 is -2.01. The first-order chi connectivity index (χ1) is 6.13. The van der Waals surface area contributed by atoms with E-state index < -0.39 is 11.1 Å². The van der Waals surface area contributed by atoms with Gasteiger partial charge in [0, 0.05) is 18.5 Å². The Morgan fingerprint density at radius 3 is 2.77 bits per heavy atom. The van der Waals surface area contributed by atoms with Gasteiger partial charge >= 0.3 is 0 Å². The monoisotopic (exact) mass is 198 g/mol. The number of hydrogen-bond acceptors (Lipinski definition) is 3. The molecule has 0 saturated carbocycles. The van der Waals surface area contributed by atoms with E-state index >= 15 is 0 Å². The van der Waals surface area contributed by atoms with Crippen molar-refractivity contribution in [3.63, 3.8) is 0 Å². The molecule has 1 aromatic carbocycles. The van der Waals surface area contributed by atoms with Gasteiger partial charge in [0.1, 0.15) is 0 Å². The summed E-state index contributed by atoms with van der Waals surface area (Å²) in [6, 6.07) is 5.69. The lowest BCUT2D eigenvalue weighted by atomic mass is 10.1. The molecule has 0 bridgehead atoms. The maximum atomic E-state index is 10.5. The molecule has 1 N–H and O–H groups in total. The minimum atomic E-state index is -2.01. The molecule has 0 aliphatic heterocycles. The molecule has 1 aromatic rings. The minimum Gasteiger partial charge on any atom is -0.772 e. The van der Waals surface area contributed by atoms with Crippen molar-refractivity contribution in [2.75, 3.05) is 12.4 Å². The highest BCUT2D eigenvalue weighted by Crippen LogP contribution is 2.15. The Balaban J connectivity index is 2.96. The van der Waals surface area contributed by atoms with Crippen molar-refractivity contribution in [3.8, 4) is 0 Å². The normalized spacial score (nSPS) is 12.5. The van der Waals surface area contributed by atoms with Gasteiger partial charge in [0.2, 0.25) is 0 Å². The van der Waals surface area contributed by atoms with E-state index in [1.807, 2.05) is 32.2 Å². The largest absolute Gasteiger partial charge is 0.772 e. The fourth-order valence-electron chi connectivity index (χ4n) is 1.11. The van der Waals surface area contributed by atoms with Crippen LogP contribution in [0.25, 0.3) is 0 Å². The van der Waals surface area contributed by atoms with E-state index in [0.717, 1.165) is 16.8 Å². The van der Waals surface area contributed by atoms with Gasteiger partial charge in [-0.1, -0.05) is 17.1 Å². The first-order valence-corrected chi connectivity index (χ1v) is 5.21. The van der Waals surface area contributed by atoms with Gasteiger partial charge in [0.25, 0.3) is 0 Å². The van der Waals surface area contributed by atoms with Gasteiger partial charge < -0.3 is 9.87 Å². The average molecular weight is 198 g/mol. The van der Waals surface area contributed by atoms with Gasteiger partial charge in [-0.3, -0.25) is 4.21 Å². The van der Waals surface area contributed by atoms with Crippen LogP contribution in [0.3, 0.4) is 0 Å². The quantitative estimate of drug-likeness (QED) is 0.747. The third-order valence-electron chi connectivity index (χ3n) is 1.91. The molecule has 3 nitrogen and oxygen atoms in total. The standard InChI is InChI=1S/C9H13NO2S/c1-7-3-4-9(10-2)5-8(7)6-13(11)12/h3-5,10H,6H2,1-2H3,(H,11,12)/p-1. The molecule has 0 aliphatic carbocycles. The summed E-state index contributed by atoms with van der Waals surface area (Å²) in [5, 5.41) is 2.97. The van der Waals surface area contributed by atoms with Crippen LogP contribution >= 0.6 is 0 Å². The second-order valence-corrected chi connectivity index (χ2v) is 3.74. The average Bonchev–Trinajstić information content (AvgIpc) is 2.08. The molecule has 4 heteroatoms. The van der Waals surface area contributed by atoms with Crippen LogP contribution in [0.4, 0.5) is 5.69 Å². The molecule has 1 unspecified atom stereocenters. The Hall–Kier alpha value is -0.870. The van der Waals surface area contributed by atoms with Crippen molar-refractivity contribution in [1.82, 2.24) is 0 Å². The smallest absolute Gasteiger partial charge is 0.0356 e. The van der Waals surface area contributed by atoms with E-state index in [2.05, 4.69) is 5.32 Å². The molecule has 72 valence electrons. The van der Waals surface area contributed by atoms with Crippen molar-refractivity contribution >= 4 is 16.8 Å². The molecular weight excluding hydrogens is 186 g/mol. The van der Waals surface area contributed by atoms with Crippen LogP contribution in [0.15, 0.2) is 18.2 Å². The van der Waals surface area contributed by atoms with Crippen molar-refractivity contribution < 1.29 is 8.76 Å². The van der Waals surface area contributed by atoms with Crippen LogP contribution in [0.5, 0.6) is 0 Å². The van der Waals surface area contributed by atoms with Crippen LogP contribution in [-0.4, -0.2) is 15.8 Å². The predicted molar refractivity (Wildman–Crippen MR) is 53.3 cm³/mol. The predicted octanol–water partition coefficient (Wildman–Crippen LogP) is 1.42. The first kappa shape index (κ1) is 10.2. The summed E-state index contributed by atoms with van der Waals surface area (Å²) in [6.07, 6.45) is 0. The molecule has 1 atom stereocenters. The highest BCUT2D eigenvalue weighted by atomic mass is 32.2. The van der Waals surface area contributed by atoms with Gasteiger partial charge in [-0.25, -0.2) is 0 Å². The molecule has 0 radical (unpaired) electrons. The van der Waals surface area contributed by atoms with Crippen molar-refractivity contribution in [2.24, 2.45) is 0 Å². The Morgan fingerprint density at radius 2 is 2.23 bits per heavy atom. The lowest BCUT2D eigenvalue weighted by molar-refractivity contribution is 0.536. The van der Waals surface area contributed by atoms with Gasteiger partial charge in [-0.15, -0.1) is 0 Å². The number of nitrogens with one attached hydrogen (secondary N) is 1. The van der Waals surface area contributed by atoms with E-state index in [-0.39, 0.29) is 5.75 Å². The molecule has 0 fully saturated rings. The van der Waals surface area contributed by atoms with E-state index in [1.54, 1.807) is 0 Å². The molecule has 0 spiro atoms. The molecular formula is C9H12NO2S-. The van der Waals surface area contributed by atoms with Crippen LogP contribution in [0, 0.1) is 6.92 Å². The summed E-state index contributed by atoms with van der Waals surface area (Å²) < 4.78 is 21.0. The van der Waals surface area contributed by atoms with Crippen LogP contribution < -0.4 is 5.32 Å². The summed E-state index contributed by atoms with van der Waals surface area (Å²) in [5.74, 6) is 0.0847. The molecule has 0 aromatic heterocycles. The van der Waals surface area contributed by atoms with Crippen molar-refractivity contribution in [1.29, 1.82) is 0 Å². The number of hydrogen-bond donors (Lipinski definition) is 1. The van der Waals surface area contributed by atoms with Crippen molar-refractivity contribution in [3.05, 3.63) is 29.3 Å². The number of rotatable bonds is 3. The topological polar surface area (TPSA) is 52.2 Å². The van der Waals surface area contributed by atoms with Gasteiger partial charge in [0.05, 0.1) is 0 Å². The summed E-state index contributed by atoms with van der Waals surface area (Å²) in [6.45, 7) is 1.90. The SMILES string of the molecule is CNc1ccc(C)c(CS(=O)[O-])c1.